The predicted octanol–water partition coefficient (Wildman–Crippen LogP) is 2.25. The van der Waals surface area contributed by atoms with Crippen LogP contribution < -0.4 is 5.73 Å². The second-order valence-corrected chi connectivity index (χ2v) is 6.40. The van der Waals surface area contributed by atoms with E-state index >= 15 is 0 Å². The van der Waals surface area contributed by atoms with E-state index in [0.29, 0.717) is 11.9 Å². The van der Waals surface area contributed by atoms with Crippen LogP contribution in [0, 0.1) is 5.92 Å². The summed E-state index contributed by atoms with van der Waals surface area (Å²) in [6, 6.07) is 0. The van der Waals surface area contributed by atoms with Crippen molar-refractivity contribution in [2.75, 3.05) is 25.9 Å². The zero-order valence-corrected chi connectivity index (χ0v) is 15.4. The summed E-state index contributed by atoms with van der Waals surface area (Å²) in [6.07, 6.45) is 3.86. The van der Waals surface area contributed by atoms with E-state index in [4.69, 9.17) is 5.73 Å². The van der Waals surface area contributed by atoms with Crippen molar-refractivity contribution >= 4 is 17.7 Å². The SMILES string of the molecule is CCN(CC)C(N)=NCCCc1nnc(SC)n1CC(C)C. The highest BCUT2D eigenvalue weighted by molar-refractivity contribution is 7.98. The number of rotatable bonds is 9. The van der Waals surface area contributed by atoms with Crippen molar-refractivity contribution in [1.29, 1.82) is 0 Å². The molecule has 0 aliphatic rings. The standard InChI is InChI=1S/C15H30N6S/c1-6-20(7-2)14(16)17-10-8-9-13-18-19-15(22-5)21(13)11-12(3)4/h12H,6-11H2,1-5H3,(H2,16,17). The summed E-state index contributed by atoms with van der Waals surface area (Å²) >= 11 is 1.65. The van der Waals surface area contributed by atoms with Crippen LogP contribution in [0.25, 0.3) is 0 Å². The molecule has 0 aromatic carbocycles. The van der Waals surface area contributed by atoms with Gasteiger partial charge in [-0.15, -0.1) is 10.2 Å². The maximum atomic E-state index is 5.98. The zero-order valence-electron chi connectivity index (χ0n) is 14.5. The van der Waals surface area contributed by atoms with E-state index in [9.17, 15) is 0 Å². The molecule has 2 N–H and O–H groups in total. The number of aliphatic imine (C=N–C) groups is 1. The lowest BCUT2D eigenvalue weighted by atomic mass is 10.2. The van der Waals surface area contributed by atoms with Gasteiger partial charge in [0.15, 0.2) is 11.1 Å². The van der Waals surface area contributed by atoms with Crippen molar-refractivity contribution in [3.8, 4) is 0 Å². The normalized spacial score (nSPS) is 12.2. The molecule has 0 saturated carbocycles. The van der Waals surface area contributed by atoms with Crippen LogP contribution in [0.2, 0.25) is 0 Å². The van der Waals surface area contributed by atoms with Crippen LogP contribution in [0.3, 0.4) is 0 Å². The average Bonchev–Trinajstić information content (AvgIpc) is 2.86. The van der Waals surface area contributed by atoms with Crippen LogP contribution in [-0.2, 0) is 13.0 Å². The minimum absolute atomic E-state index is 0.581. The van der Waals surface area contributed by atoms with Gasteiger partial charge in [-0.3, -0.25) is 4.99 Å². The predicted molar refractivity (Wildman–Crippen MR) is 94.4 cm³/mol. The monoisotopic (exact) mass is 326 g/mol. The summed E-state index contributed by atoms with van der Waals surface area (Å²) in [5.41, 5.74) is 5.98. The van der Waals surface area contributed by atoms with Crippen LogP contribution in [-0.4, -0.2) is 51.5 Å². The lowest BCUT2D eigenvalue weighted by molar-refractivity contribution is 0.457. The molecule has 0 radical (unpaired) electrons. The van der Waals surface area contributed by atoms with Crippen LogP contribution >= 0.6 is 11.8 Å². The molecular formula is C15H30N6S. The van der Waals surface area contributed by atoms with Gasteiger partial charge in [0, 0.05) is 32.6 Å². The Morgan fingerprint density at radius 1 is 1.32 bits per heavy atom. The molecule has 0 aliphatic carbocycles. The number of thioether (sulfide) groups is 1. The lowest BCUT2D eigenvalue weighted by Gasteiger charge is -2.19. The lowest BCUT2D eigenvalue weighted by Crippen LogP contribution is -2.37. The Bertz CT molecular complexity index is 465. The maximum absolute atomic E-state index is 5.98. The van der Waals surface area contributed by atoms with E-state index in [0.717, 1.165) is 50.0 Å². The van der Waals surface area contributed by atoms with Crippen molar-refractivity contribution < 1.29 is 0 Å². The van der Waals surface area contributed by atoms with Gasteiger partial charge in [-0.25, -0.2) is 0 Å². The molecule has 1 aromatic rings. The molecule has 6 nitrogen and oxygen atoms in total. The van der Waals surface area contributed by atoms with Crippen molar-refractivity contribution in [2.45, 2.75) is 52.2 Å². The van der Waals surface area contributed by atoms with E-state index in [1.807, 2.05) is 6.26 Å². The van der Waals surface area contributed by atoms with Gasteiger partial charge in [0.2, 0.25) is 0 Å². The molecule has 1 heterocycles. The summed E-state index contributed by atoms with van der Waals surface area (Å²) in [5, 5.41) is 9.58. The summed E-state index contributed by atoms with van der Waals surface area (Å²) in [6.45, 7) is 12.1. The number of aryl methyl sites for hydroxylation is 1. The topological polar surface area (TPSA) is 72.3 Å². The van der Waals surface area contributed by atoms with Crippen molar-refractivity contribution in [3.63, 3.8) is 0 Å². The first-order valence-electron chi connectivity index (χ1n) is 8.04. The van der Waals surface area contributed by atoms with Crippen molar-refractivity contribution in [2.24, 2.45) is 16.6 Å². The second-order valence-electron chi connectivity index (χ2n) is 5.62. The summed E-state index contributed by atoms with van der Waals surface area (Å²) in [4.78, 5) is 6.52. The minimum atomic E-state index is 0.581. The molecule has 126 valence electrons. The Kier molecular flexibility index (Phi) is 8.30. The third kappa shape index (κ3) is 5.51. The molecule has 0 fully saturated rings. The van der Waals surface area contributed by atoms with E-state index in [1.165, 1.54) is 0 Å². The summed E-state index contributed by atoms with van der Waals surface area (Å²) in [7, 11) is 0. The van der Waals surface area contributed by atoms with Crippen molar-refractivity contribution in [1.82, 2.24) is 19.7 Å². The summed E-state index contributed by atoms with van der Waals surface area (Å²) < 4.78 is 2.23. The van der Waals surface area contributed by atoms with Crippen molar-refractivity contribution in [3.05, 3.63) is 5.82 Å². The highest BCUT2D eigenvalue weighted by Crippen LogP contribution is 2.16. The number of hydrogen-bond acceptors (Lipinski definition) is 4. The Balaban J connectivity index is 2.58. The number of aromatic nitrogens is 3. The van der Waals surface area contributed by atoms with Crippen LogP contribution in [0.5, 0.6) is 0 Å². The van der Waals surface area contributed by atoms with Gasteiger partial charge in [-0.05, 0) is 32.4 Å². The maximum Gasteiger partial charge on any atom is 0.191 e. The molecular weight excluding hydrogens is 296 g/mol. The Morgan fingerprint density at radius 2 is 2.00 bits per heavy atom. The Hall–Kier alpha value is -1.24. The molecule has 1 aromatic heterocycles. The summed E-state index contributed by atoms with van der Waals surface area (Å²) in [5.74, 6) is 2.27. The molecule has 0 unspecified atom stereocenters. The van der Waals surface area contributed by atoms with E-state index < -0.39 is 0 Å². The van der Waals surface area contributed by atoms with Gasteiger partial charge in [-0.2, -0.15) is 0 Å². The van der Waals surface area contributed by atoms with E-state index in [1.54, 1.807) is 11.8 Å². The molecule has 0 saturated heterocycles. The van der Waals surface area contributed by atoms with Crippen LogP contribution in [0.4, 0.5) is 0 Å². The minimum Gasteiger partial charge on any atom is -0.370 e. The van der Waals surface area contributed by atoms with Crippen LogP contribution in [0.15, 0.2) is 10.1 Å². The fourth-order valence-corrected chi connectivity index (χ4v) is 2.80. The molecule has 22 heavy (non-hydrogen) atoms. The highest BCUT2D eigenvalue weighted by atomic mass is 32.2. The number of nitrogens with two attached hydrogens (primary N) is 1. The third-order valence-corrected chi connectivity index (χ3v) is 4.11. The number of nitrogens with zero attached hydrogens (tertiary/aromatic N) is 5. The highest BCUT2D eigenvalue weighted by Gasteiger charge is 2.12. The van der Waals surface area contributed by atoms with Gasteiger partial charge < -0.3 is 15.2 Å². The first-order chi connectivity index (χ1) is 10.5. The molecule has 0 aliphatic heterocycles. The van der Waals surface area contributed by atoms with Gasteiger partial charge in [-0.1, -0.05) is 25.6 Å². The largest absolute Gasteiger partial charge is 0.370 e. The molecule has 1 rings (SSSR count). The van der Waals surface area contributed by atoms with E-state index in [2.05, 4.69) is 52.4 Å². The van der Waals surface area contributed by atoms with Gasteiger partial charge >= 0.3 is 0 Å². The van der Waals surface area contributed by atoms with Gasteiger partial charge in [0.1, 0.15) is 5.82 Å². The Morgan fingerprint density at radius 3 is 2.55 bits per heavy atom. The Labute approximate surface area is 138 Å². The molecule has 0 amide bonds. The zero-order chi connectivity index (χ0) is 16.5. The van der Waals surface area contributed by atoms with Gasteiger partial charge in [0.05, 0.1) is 0 Å². The quantitative estimate of drug-likeness (QED) is 0.326. The smallest absolute Gasteiger partial charge is 0.191 e. The first-order valence-corrected chi connectivity index (χ1v) is 9.26. The molecule has 0 spiro atoms. The number of hydrogen-bond donors (Lipinski definition) is 1. The average molecular weight is 327 g/mol. The number of guanidine groups is 1. The molecule has 7 heteroatoms. The molecule has 0 atom stereocenters. The second kappa shape index (κ2) is 9.71. The van der Waals surface area contributed by atoms with Gasteiger partial charge in [0.25, 0.3) is 0 Å². The fourth-order valence-electron chi connectivity index (χ4n) is 2.28. The van der Waals surface area contributed by atoms with Crippen LogP contribution in [0.1, 0.15) is 39.9 Å². The fraction of sp³-hybridized carbons (Fsp3) is 0.800. The first kappa shape index (κ1) is 18.8. The molecule has 0 bridgehead atoms. The third-order valence-electron chi connectivity index (χ3n) is 3.44. The van der Waals surface area contributed by atoms with E-state index in [-0.39, 0.29) is 0 Å².